The van der Waals surface area contributed by atoms with Crippen LogP contribution in [0.15, 0.2) is 40.8 Å². The number of nitrogens with zero attached hydrogens (tertiary/aromatic N) is 2. The van der Waals surface area contributed by atoms with Gasteiger partial charge >= 0.3 is 0 Å². The lowest BCUT2D eigenvalue weighted by molar-refractivity contribution is 0.0948. The molecule has 6 nitrogen and oxygen atoms in total. The summed E-state index contributed by atoms with van der Waals surface area (Å²) in [5.41, 5.74) is 0.0285. The van der Waals surface area contributed by atoms with E-state index < -0.39 is 28.9 Å². The number of hydrogen-bond donors (Lipinski definition) is 1. The van der Waals surface area contributed by atoms with E-state index in [-0.39, 0.29) is 24.7 Å². The van der Waals surface area contributed by atoms with Gasteiger partial charge in [-0.1, -0.05) is 12.1 Å². The zero-order valence-electron chi connectivity index (χ0n) is 14.1. The molecule has 0 saturated heterocycles. The van der Waals surface area contributed by atoms with Crippen LogP contribution in [0.25, 0.3) is 11.5 Å². The van der Waals surface area contributed by atoms with Crippen LogP contribution >= 0.6 is 0 Å². The number of hydrogen-bond acceptors (Lipinski definition) is 5. The zero-order valence-corrected chi connectivity index (χ0v) is 14.1. The fourth-order valence-electron chi connectivity index (χ4n) is 2.36. The van der Waals surface area contributed by atoms with Crippen LogP contribution in [0, 0.1) is 17.5 Å². The van der Waals surface area contributed by atoms with E-state index in [9.17, 15) is 18.0 Å². The highest BCUT2D eigenvalue weighted by molar-refractivity contribution is 5.94. The maximum Gasteiger partial charge on any atom is 0.254 e. The molecule has 3 aromatic rings. The number of carbonyl (C=O) groups excluding carboxylic acids is 1. The summed E-state index contributed by atoms with van der Waals surface area (Å²) in [5, 5.41) is 10.2. The summed E-state index contributed by atoms with van der Waals surface area (Å²) in [4.78, 5) is 11.9. The number of methoxy groups -OCH3 is 1. The Morgan fingerprint density at radius 2 is 1.89 bits per heavy atom. The van der Waals surface area contributed by atoms with Gasteiger partial charge in [-0.15, -0.1) is 10.2 Å². The summed E-state index contributed by atoms with van der Waals surface area (Å²) in [7, 11) is 1.52. The molecule has 27 heavy (non-hydrogen) atoms. The van der Waals surface area contributed by atoms with Gasteiger partial charge in [-0.25, -0.2) is 13.2 Å². The Morgan fingerprint density at radius 3 is 2.67 bits per heavy atom. The van der Waals surface area contributed by atoms with Crippen molar-refractivity contribution in [2.45, 2.75) is 6.42 Å². The van der Waals surface area contributed by atoms with Crippen molar-refractivity contribution in [1.29, 1.82) is 0 Å². The van der Waals surface area contributed by atoms with Crippen molar-refractivity contribution in [3.63, 3.8) is 0 Å². The second-order valence-electron chi connectivity index (χ2n) is 5.43. The maximum atomic E-state index is 13.6. The van der Waals surface area contributed by atoms with Gasteiger partial charge in [0.15, 0.2) is 17.5 Å². The number of halogens is 3. The Labute approximate surface area is 152 Å². The van der Waals surface area contributed by atoms with Crippen LogP contribution in [0.2, 0.25) is 0 Å². The molecule has 1 heterocycles. The van der Waals surface area contributed by atoms with E-state index in [1.54, 1.807) is 24.3 Å². The number of para-hydroxylation sites is 1. The molecule has 0 fully saturated rings. The number of rotatable bonds is 6. The second kappa shape index (κ2) is 7.90. The fourth-order valence-corrected chi connectivity index (χ4v) is 2.36. The van der Waals surface area contributed by atoms with E-state index in [0.717, 1.165) is 6.07 Å². The monoisotopic (exact) mass is 377 g/mol. The van der Waals surface area contributed by atoms with Gasteiger partial charge in [-0.3, -0.25) is 4.79 Å². The van der Waals surface area contributed by atoms with Crippen LogP contribution in [0.5, 0.6) is 5.75 Å². The van der Waals surface area contributed by atoms with Crippen LogP contribution in [0.3, 0.4) is 0 Å². The Hall–Kier alpha value is -3.36. The topological polar surface area (TPSA) is 77.3 Å². The number of aromatic nitrogens is 2. The number of amides is 1. The molecule has 0 saturated carbocycles. The van der Waals surface area contributed by atoms with Crippen molar-refractivity contribution in [3.05, 3.63) is 65.3 Å². The van der Waals surface area contributed by atoms with E-state index in [1.165, 1.54) is 7.11 Å². The zero-order chi connectivity index (χ0) is 19.4. The number of carbonyl (C=O) groups is 1. The Kier molecular flexibility index (Phi) is 5.39. The molecule has 0 aliphatic heterocycles. The lowest BCUT2D eigenvalue weighted by Gasteiger charge is -2.06. The van der Waals surface area contributed by atoms with Crippen molar-refractivity contribution in [3.8, 4) is 17.2 Å². The van der Waals surface area contributed by atoms with Crippen LogP contribution < -0.4 is 10.1 Å². The molecule has 0 bridgehead atoms. The van der Waals surface area contributed by atoms with Gasteiger partial charge in [0.05, 0.1) is 18.2 Å². The first-order valence-corrected chi connectivity index (χ1v) is 7.88. The molecule has 0 radical (unpaired) electrons. The minimum Gasteiger partial charge on any atom is -0.496 e. The normalized spacial score (nSPS) is 10.7. The summed E-state index contributed by atoms with van der Waals surface area (Å²) in [5.74, 6) is -4.42. The third kappa shape index (κ3) is 3.91. The van der Waals surface area contributed by atoms with Gasteiger partial charge < -0.3 is 14.5 Å². The van der Waals surface area contributed by atoms with Crippen molar-refractivity contribution < 1.29 is 27.1 Å². The predicted molar refractivity (Wildman–Crippen MR) is 88.6 cm³/mol. The number of benzene rings is 2. The molecule has 1 aromatic heterocycles. The first kappa shape index (κ1) is 18.4. The van der Waals surface area contributed by atoms with E-state index in [0.29, 0.717) is 17.4 Å². The van der Waals surface area contributed by atoms with E-state index in [2.05, 4.69) is 15.5 Å². The van der Waals surface area contributed by atoms with Crippen LogP contribution in [-0.4, -0.2) is 29.8 Å². The molecule has 0 atom stereocenters. The summed E-state index contributed by atoms with van der Waals surface area (Å²) < 4.78 is 50.4. The molecule has 0 unspecified atom stereocenters. The molecular weight excluding hydrogens is 363 g/mol. The second-order valence-corrected chi connectivity index (χ2v) is 5.43. The van der Waals surface area contributed by atoms with Gasteiger partial charge in [0.2, 0.25) is 5.89 Å². The van der Waals surface area contributed by atoms with Gasteiger partial charge in [0.25, 0.3) is 11.8 Å². The highest BCUT2D eigenvalue weighted by Crippen LogP contribution is 2.28. The third-order valence-corrected chi connectivity index (χ3v) is 3.71. The van der Waals surface area contributed by atoms with Gasteiger partial charge in [-0.05, 0) is 24.3 Å². The number of nitrogens with one attached hydrogen (secondary N) is 1. The highest BCUT2D eigenvalue weighted by atomic mass is 19.2. The Balaban J connectivity index is 1.63. The van der Waals surface area contributed by atoms with Crippen molar-refractivity contribution in [2.24, 2.45) is 0 Å². The first-order valence-electron chi connectivity index (χ1n) is 7.88. The molecule has 140 valence electrons. The molecule has 2 aromatic carbocycles. The average Bonchev–Trinajstić information content (AvgIpc) is 3.14. The summed E-state index contributed by atoms with van der Waals surface area (Å²) in [6, 6.07) is 8.64. The smallest absolute Gasteiger partial charge is 0.254 e. The van der Waals surface area contributed by atoms with Crippen molar-refractivity contribution in [1.82, 2.24) is 15.5 Å². The molecule has 0 aliphatic carbocycles. The molecule has 0 aliphatic rings. The van der Waals surface area contributed by atoms with E-state index in [4.69, 9.17) is 9.15 Å². The lowest BCUT2D eigenvalue weighted by Crippen LogP contribution is -2.27. The third-order valence-electron chi connectivity index (χ3n) is 3.71. The summed E-state index contributed by atoms with van der Waals surface area (Å²) in [6.45, 7) is 0.0326. The van der Waals surface area contributed by atoms with Crippen LogP contribution in [-0.2, 0) is 6.42 Å². The largest absolute Gasteiger partial charge is 0.496 e. The quantitative estimate of drug-likeness (QED) is 0.668. The molecule has 3 rings (SSSR count). The predicted octanol–water partition coefficient (Wildman–Crippen LogP) is 3.14. The molecule has 9 heteroatoms. The van der Waals surface area contributed by atoms with Gasteiger partial charge in [0.1, 0.15) is 5.75 Å². The number of ether oxygens (including phenoxy) is 1. The first-order chi connectivity index (χ1) is 13.0. The molecule has 1 amide bonds. The summed E-state index contributed by atoms with van der Waals surface area (Å²) >= 11 is 0. The standard InChI is InChI=1S/C18H14F3N3O3/c1-26-13-5-3-2-4-10(13)18-24-23-14(27-18)8-9-22-17(25)11-6-7-12(19)16(21)15(11)20/h2-7H,8-9H2,1H3,(H,22,25). The Bertz CT molecular complexity index is 975. The SMILES string of the molecule is COc1ccccc1-c1nnc(CCNC(=O)c2ccc(F)c(F)c2F)o1. The van der Waals surface area contributed by atoms with Crippen molar-refractivity contribution >= 4 is 5.91 Å². The van der Waals surface area contributed by atoms with Gasteiger partial charge in [0, 0.05) is 13.0 Å². The highest BCUT2D eigenvalue weighted by Gasteiger charge is 2.19. The molecule has 0 spiro atoms. The summed E-state index contributed by atoms with van der Waals surface area (Å²) in [6.07, 6.45) is 0.166. The van der Waals surface area contributed by atoms with E-state index >= 15 is 0 Å². The van der Waals surface area contributed by atoms with E-state index in [1.807, 2.05) is 0 Å². The molecule has 1 N–H and O–H groups in total. The van der Waals surface area contributed by atoms with Crippen molar-refractivity contribution in [2.75, 3.05) is 13.7 Å². The van der Waals surface area contributed by atoms with Crippen LogP contribution in [0.1, 0.15) is 16.2 Å². The minimum atomic E-state index is -1.69. The van der Waals surface area contributed by atoms with Crippen LogP contribution in [0.4, 0.5) is 13.2 Å². The molecular formula is C18H14F3N3O3. The Morgan fingerprint density at radius 1 is 1.11 bits per heavy atom. The van der Waals surface area contributed by atoms with Gasteiger partial charge in [-0.2, -0.15) is 0 Å². The maximum absolute atomic E-state index is 13.6. The minimum absolute atomic E-state index is 0.0326. The fraction of sp³-hybridized carbons (Fsp3) is 0.167. The average molecular weight is 377 g/mol. The lowest BCUT2D eigenvalue weighted by atomic mass is 10.2.